The molecule has 0 N–H and O–H groups in total. The number of esters is 4. The van der Waals surface area contributed by atoms with Gasteiger partial charge in [0.25, 0.3) is 0 Å². The third-order valence-corrected chi connectivity index (χ3v) is 12.8. The minimum absolute atomic E-state index is 0.0325. The number of hydrogen-bond donors (Lipinski definition) is 0. The first-order chi connectivity index (χ1) is 32.0. The summed E-state index contributed by atoms with van der Waals surface area (Å²) in [7, 11) is 7.27. The van der Waals surface area contributed by atoms with E-state index in [2.05, 4.69) is 0 Å². The van der Waals surface area contributed by atoms with Crippen LogP contribution in [0.25, 0.3) is 0 Å². The third kappa shape index (κ3) is 27.2. The van der Waals surface area contributed by atoms with Gasteiger partial charge in [0, 0.05) is 26.2 Å². The van der Waals surface area contributed by atoms with Crippen LogP contribution in [0.5, 0.6) is 0 Å². The molecule has 0 aliphatic carbocycles. The largest absolute Gasteiger partial charge is 0.466 e. The van der Waals surface area contributed by atoms with E-state index < -0.39 is 36.0 Å². The van der Waals surface area contributed by atoms with E-state index in [0.717, 1.165) is 48.7 Å². The highest BCUT2D eigenvalue weighted by Gasteiger charge is 2.32. The fourth-order valence-corrected chi connectivity index (χ4v) is 7.00. The second-order valence-electron chi connectivity index (χ2n) is 18.5. The van der Waals surface area contributed by atoms with Crippen LogP contribution < -0.4 is 0 Å². The molecule has 0 heterocycles. The lowest BCUT2D eigenvalue weighted by molar-refractivity contribution is -0.178. The first-order valence-electron chi connectivity index (χ1n) is 24.2. The summed E-state index contributed by atoms with van der Waals surface area (Å²) in [6.45, 7) is 18.6. The zero-order chi connectivity index (χ0) is 51.9. The average molecular weight is 967 g/mol. The van der Waals surface area contributed by atoms with Crippen molar-refractivity contribution in [1.29, 1.82) is 0 Å². The van der Waals surface area contributed by atoms with Crippen LogP contribution in [0.1, 0.15) is 146 Å². The molecule has 0 spiro atoms. The zero-order valence-corrected chi connectivity index (χ0v) is 43.6. The number of unbranched alkanes of at least 4 members (excludes halogenated alkanes) is 6. The van der Waals surface area contributed by atoms with E-state index in [1.807, 2.05) is 69.7 Å². The molecule has 0 rings (SSSR count). The van der Waals surface area contributed by atoms with E-state index in [4.69, 9.17) is 28.6 Å². The number of hydroxylamine groups is 4. The molecular formula is C50H86N4O14. The van der Waals surface area contributed by atoms with Gasteiger partial charge in [-0.15, -0.1) is 10.1 Å². The smallest absolute Gasteiger partial charge is 0.329 e. The van der Waals surface area contributed by atoms with Gasteiger partial charge in [0.1, 0.15) is 24.3 Å². The van der Waals surface area contributed by atoms with Crippen molar-refractivity contribution in [3.8, 4) is 0 Å². The Morgan fingerprint density at radius 2 is 0.794 bits per heavy atom. The Balaban J connectivity index is 4.82. The van der Waals surface area contributed by atoms with Crippen LogP contribution in [-0.4, -0.2) is 134 Å². The van der Waals surface area contributed by atoms with Gasteiger partial charge in [-0.3, -0.25) is 38.6 Å². The molecule has 10 atom stereocenters. The predicted molar refractivity (Wildman–Crippen MR) is 256 cm³/mol. The van der Waals surface area contributed by atoms with Gasteiger partial charge in [-0.1, -0.05) is 79.4 Å². The summed E-state index contributed by atoms with van der Waals surface area (Å²) >= 11 is 0. The molecule has 18 heteroatoms. The summed E-state index contributed by atoms with van der Waals surface area (Å²) in [5.41, 5.74) is 0. The Morgan fingerprint density at radius 1 is 0.471 bits per heavy atom. The first kappa shape index (κ1) is 63.2. The van der Waals surface area contributed by atoms with Gasteiger partial charge >= 0.3 is 35.8 Å². The van der Waals surface area contributed by atoms with Crippen molar-refractivity contribution >= 4 is 48.6 Å². The fourth-order valence-electron chi connectivity index (χ4n) is 7.00. The molecule has 390 valence electrons. The molecule has 0 aliphatic rings. The molecule has 68 heavy (non-hydrogen) atoms. The van der Waals surface area contributed by atoms with Crippen molar-refractivity contribution in [1.82, 2.24) is 19.9 Å². The molecule has 2 amide bonds. The molecule has 0 saturated heterocycles. The maximum Gasteiger partial charge on any atom is 0.329 e. The summed E-state index contributed by atoms with van der Waals surface area (Å²) in [4.78, 5) is 109. The number of nitrogens with zero attached hydrogens (tertiary/aromatic N) is 4. The van der Waals surface area contributed by atoms with Gasteiger partial charge in [-0.05, 0) is 116 Å². The van der Waals surface area contributed by atoms with Crippen molar-refractivity contribution < 1.29 is 67.0 Å². The summed E-state index contributed by atoms with van der Waals surface area (Å²) in [5, 5.41) is 1.63. The Morgan fingerprint density at radius 3 is 1.09 bits per heavy atom. The second kappa shape index (κ2) is 35.3. The third-order valence-electron chi connectivity index (χ3n) is 12.8. The van der Waals surface area contributed by atoms with Crippen LogP contribution >= 0.6 is 0 Å². The quantitative estimate of drug-likeness (QED) is 0.0199. The van der Waals surface area contributed by atoms with Crippen molar-refractivity contribution in [2.24, 2.45) is 35.5 Å². The Hall–Kier alpha value is -4.84. The first-order valence-corrected chi connectivity index (χ1v) is 24.2. The second-order valence-corrected chi connectivity index (χ2v) is 18.5. The van der Waals surface area contributed by atoms with Gasteiger partial charge in [0.15, 0.2) is 0 Å². The summed E-state index contributed by atoms with van der Waals surface area (Å²) in [6, 6.07) is -0.842. The fraction of sp³-hybridized carbons (Fsp3) is 0.760. The molecule has 0 saturated carbocycles. The SMILES string of the molecule is CC(=O)ON(C=O)/C=C/[C@@H](C)[C@@H](C)[C@@H](C)[C@@H](CCCCCCOC(=O)CCC(=O)OCCCCCC[C@@H](OC(=O)[C@H](C)N(C)C)[C@H](C)[C@H](C)[C@H](C)/C=C/N(C=O)OC(C)=O)OC(=O)[C@H](C)N(C)C. The molecular weight excluding hydrogens is 881 g/mol. The van der Waals surface area contributed by atoms with Gasteiger partial charge in [-0.2, -0.15) is 0 Å². The molecule has 0 fully saturated rings. The molecule has 0 unspecified atom stereocenters. The molecule has 0 aromatic heterocycles. The van der Waals surface area contributed by atoms with Crippen LogP contribution in [0.3, 0.4) is 0 Å². The number of likely N-dealkylation sites (N-methyl/N-ethyl adjacent to an activating group) is 2. The van der Waals surface area contributed by atoms with Crippen LogP contribution in [0, 0.1) is 35.5 Å². The predicted octanol–water partition coefficient (Wildman–Crippen LogP) is 7.19. The maximum atomic E-state index is 13.0. The minimum Gasteiger partial charge on any atom is -0.466 e. The number of carbonyl (C=O) groups is 8. The Bertz CT molecular complexity index is 1470. The van der Waals surface area contributed by atoms with Crippen LogP contribution in [0.2, 0.25) is 0 Å². The Labute approximate surface area is 406 Å². The highest BCUT2D eigenvalue weighted by molar-refractivity contribution is 5.77. The summed E-state index contributed by atoms with van der Waals surface area (Å²) < 4.78 is 22.8. The van der Waals surface area contributed by atoms with Gasteiger partial charge in [-0.25, -0.2) is 9.59 Å². The number of rotatable bonds is 37. The lowest BCUT2D eigenvalue weighted by Crippen LogP contribution is -2.39. The molecule has 0 radical (unpaired) electrons. The number of allylic oxidation sites excluding steroid dienone is 2. The molecule has 0 bridgehead atoms. The Kier molecular flexibility index (Phi) is 32.8. The summed E-state index contributed by atoms with van der Waals surface area (Å²) in [6.07, 6.45) is 13.7. The average Bonchev–Trinajstić information content (AvgIpc) is 3.29. The molecule has 0 aromatic rings. The lowest BCUT2D eigenvalue weighted by atomic mass is 9.80. The van der Waals surface area contributed by atoms with Crippen molar-refractivity contribution in [2.75, 3.05) is 41.4 Å². The monoisotopic (exact) mass is 967 g/mol. The van der Waals surface area contributed by atoms with Crippen molar-refractivity contribution in [3.63, 3.8) is 0 Å². The highest BCUT2D eigenvalue weighted by Crippen LogP contribution is 2.31. The molecule has 18 nitrogen and oxygen atoms in total. The maximum absolute atomic E-state index is 13.0. The van der Waals surface area contributed by atoms with Crippen LogP contribution in [-0.2, 0) is 67.0 Å². The van der Waals surface area contributed by atoms with E-state index in [-0.39, 0.29) is 85.7 Å². The highest BCUT2D eigenvalue weighted by atomic mass is 16.7. The van der Waals surface area contributed by atoms with Gasteiger partial charge < -0.3 is 28.6 Å². The number of hydrogen-bond acceptors (Lipinski definition) is 16. The van der Waals surface area contributed by atoms with Crippen LogP contribution in [0.15, 0.2) is 24.6 Å². The normalized spacial score (nSPS) is 16.1. The van der Waals surface area contributed by atoms with E-state index in [1.54, 1.807) is 35.8 Å². The van der Waals surface area contributed by atoms with Gasteiger partial charge in [0.2, 0.25) is 12.8 Å². The van der Waals surface area contributed by atoms with Crippen molar-refractivity contribution in [3.05, 3.63) is 24.6 Å². The van der Waals surface area contributed by atoms with E-state index in [0.29, 0.717) is 38.5 Å². The van der Waals surface area contributed by atoms with E-state index >= 15 is 0 Å². The number of carbonyl (C=O) groups excluding carboxylic acids is 8. The number of ether oxygens (including phenoxy) is 4. The minimum atomic E-state index is -0.614. The molecule has 0 aromatic carbocycles. The van der Waals surface area contributed by atoms with Gasteiger partial charge in [0.05, 0.1) is 26.1 Å². The van der Waals surface area contributed by atoms with Crippen LogP contribution in [0.4, 0.5) is 0 Å². The topological polar surface area (TPSA) is 205 Å². The van der Waals surface area contributed by atoms with E-state index in [9.17, 15) is 38.4 Å². The lowest BCUT2D eigenvalue weighted by Gasteiger charge is -2.32. The van der Waals surface area contributed by atoms with E-state index in [1.165, 1.54) is 26.2 Å². The molecule has 0 aliphatic heterocycles. The standard InChI is InChI=1S/C50H86N4O14/c1-35(27-29-53(33-55)67-43(9)57)37(3)39(5)45(65-49(61)41(7)51(11)12)23-19-15-17-21-31-63-47(59)25-26-48(60)64-32-22-18-16-20-24-46(66-50(62)42(8)52(13)14)40(6)38(4)36(2)28-30-54(34-56)68-44(10)58/h27-30,33-42,45-46H,15-26,31-32H2,1-14H3/b29-27+,30-28+/t35-,36-,37-,38-,39-,40-,41+,42+,45-,46-/m1/s1. The zero-order valence-electron chi connectivity index (χ0n) is 43.6. The van der Waals surface area contributed by atoms with Crippen molar-refractivity contribution in [2.45, 2.75) is 171 Å². The summed E-state index contributed by atoms with van der Waals surface area (Å²) in [5.74, 6) is -2.82. The number of amides is 2.